The van der Waals surface area contributed by atoms with E-state index in [4.69, 9.17) is 5.26 Å². The molecule has 0 bridgehead atoms. The Morgan fingerprint density at radius 2 is 1.57 bits per heavy atom. The summed E-state index contributed by atoms with van der Waals surface area (Å²) in [5.41, 5.74) is -0.731. The molecule has 4 rings (SSSR count). The Bertz CT molecular complexity index is 1090. The SMILES string of the molecule is Cc1ccc(N2C(=O)N(c3ccc(C#N)c(C(F)(F)F)c3)[C@@H]3CC=CC[C@H]32)cc1F. The minimum Gasteiger partial charge on any atom is -0.289 e. The number of carbonyl (C=O) groups excluding carboxylic acids is 1. The molecule has 1 aliphatic carbocycles. The van der Waals surface area contributed by atoms with E-state index in [1.165, 1.54) is 21.9 Å². The van der Waals surface area contributed by atoms with Crippen molar-refractivity contribution in [3.8, 4) is 6.07 Å². The molecule has 0 N–H and O–H groups in total. The minimum absolute atomic E-state index is 0.0618. The maximum absolute atomic E-state index is 14.2. The fourth-order valence-corrected chi connectivity index (χ4v) is 4.09. The molecular weight excluding hydrogens is 398 g/mol. The van der Waals surface area contributed by atoms with Crippen molar-refractivity contribution in [3.05, 3.63) is 71.1 Å². The molecule has 2 aliphatic rings. The number of fused-ring (bicyclic) bond motifs is 1. The van der Waals surface area contributed by atoms with Crippen LogP contribution in [0.25, 0.3) is 0 Å². The van der Waals surface area contributed by atoms with Gasteiger partial charge in [-0.25, -0.2) is 9.18 Å². The summed E-state index contributed by atoms with van der Waals surface area (Å²) in [6.45, 7) is 1.61. The molecule has 30 heavy (non-hydrogen) atoms. The topological polar surface area (TPSA) is 47.3 Å². The largest absolute Gasteiger partial charge is 0.417 e. The molecule has 2 atom stereocenters. The smallest absolute Gasteiger partial charge is 0.289 e. The van der Waals surface area contributed by atoms with E-state index in [0.717, 1.165) is 12.1 Å². The van der Waals surface area contributed by atoms with Gasteiger partial charge in [0.25, 0.3) is 0 Å². The van der Waals surface area contributed by atoms with Gasteiger partial charge in [0.15, 0.2) is 0 Å². The van der Waals surface area contributed by atoms with Crippen molar-refractivity contribution in [2.45, 2.75) is 38.0 Å². The fraction of sp³-hybridized carbons (Fsp3) is 0.273. The molecule has 0 aromatic heterocycles. The van der Waals surface area contributed by atoms with Crippen LogP contribution in [0.3, 0.4) is 0 Å². The second-order valence-electron chi connectivity index (χ2n) is 7.37. The number of alkyl halides is 3. The summed E-state index contributed by atoms with van der Waals surface area (Å²) in [5.74, 6) is -0.459. The molecule has 154 valence electrons. The normalized spacial score (nSPS) is 21.0. The number of nitrogens with zero attached hydrogens (tertiary/aromatic N) is 3. The third-order valence-corrected chi connectivity index (χ3v) is 5.58. The number of hydrogen-bond donors (Lipinski definition) is 0. The van der Waals surface area contributed by atoms with E-state index in [0.29, 0.717) is 24.1 Å². The number of hydrogen-bond acceptors (Lipinski definition) is 2. The number of carbonyl (C=O) groups is 1. The van der Waals surface area contributed by atoms with Crippen molar-refractivity contribution >= 4 is 17.4 Å². The highest BCUT2D eigenvalue weighted by molar-refractivity contribution is 6.07. The van der Waals surface area contributed by atoms with Crippen molar-refractivity contribution in [3.63, 3.8) is 0 Å². The highest BCUT2D eigenvalue weighted by Gasteiger charge is 2.47. The van der Waals surface area contributed by atoms with E-state index in [1.807, 2.05) is 12.2 Å². The van der Waals surface area contributed by atoms with Gasteiger partial charge in [0.05, 0.1) is 29.3 Å². The molecule has 1 heterocycles. The molecule has 0 saturated carbocycles. The molecule has 8 heteroatoms. The lowest BCUT2D eigenvalue weighted by molar-refractivity contribution is -0.137. The first-order chi connectivity index (χ1) is 14.2. The van der Waals surface area contributed by atoms with Crippen LogP contribution in [0.2, 0.25) is 0 Å². The molecule has 2 aromatic carbocycles. The summed E-state index contributed by atoms with van der Waals surface area (Å²) in [6.07, 6.45) is 0.0350. The maximum Gasteiger partial charge on any atom is 0.417 e. The number of benzene rings is 2. The number of anilines is 2. The van der Waals surface area contributed by atoms with Gasteiger partial charge in [-0.1, -0.05) is 18.2 Å². The van der Waals surface area contributed by atoms with E-state index in [-0.39, 0.29) is 11.7 Å². The average molecular weight is 415 g/mol. The van der Waals surface area contributed by atoms with Gasteiger partial charge in [0.1, 0.15) is 5.82 Å². The summed E-state index contributed by atoms with van der Waals surface area (Å²) >= 11 is 0. The monoisotopic (exact) mass is 415 g/mol. The molecule has 2 amide bonds. The zero-order valence-corrected chi connectivity index (χ0v) is 15.9. The maximum atomic E-state index is 14.2. The van der Waals surface area contributed by atoms with Crippen LogP contribution in [0.1, 0.15) is 29.5 Å². The Kier molecular flexibility index (Phi) is 4.77. The molecule has 0 unspecified atom stereocenters. The molecular formula is C22H17F4N3O. The Morgan fingerprint density at radius 3 is 2.10 bits per heavy atom. The number of nitriles is 1. The second-order valence-corrected chi connectivity index (χ2v) is 7.37. The van der Waals surface area contributed by atoms with Crippen LogP contribution < -0.4 is 9.80 Å². The van der Waals surface area contributed by atoms with Gasteiger partial charge in [0, 0.05) is 11.4 Å². The lowest BCUT2D eigenvalue weighted by atomic mass is 9.94. The van der Waals surface area contributed by atoms with E-state index in [9.17, 15) is 22.4 Å². The minimum atomic E-state index is -4.73. The zero-order chi connectivity index (χ0) is 21.6. The van der Waals surface area contributed by atoms with E-state index in [1.54, 1.807) is 25.1 Å². The molecule has 1 fully saturated rings. The lowest BCUT2D eigenvalue weighted by Gasteiger charge is -2.29. The molecule has 4 nitrogen and oxygen atoms in total. The number of amides is 2. The van der Waals surface area contributed by atoms with Crippen molar-refractivity contribution < 1.29 is 22.4 Å². The van der Waals surface area contributed by atoms with Crippen LogP contribution in [0.15, 0.2) is 48.6 Å². The van der Waals surface area contributed by atoms with E-state index < -0.39 is 35.2 Å². The third kappa shape index (κ3) is 3.20. The summed E-state index contributed by atoms with van der Waals surface area (Å²) in [5, 5.41) is 9.03. The fourth-order valence-electron chi connectivity index (χ4n) is 4.09. The van der Waals surface area contributed by atoms with Crippen molar-refractivity contribution in [1.29, 1.82) is 5.26 Å². The van der Waals surface area contributed by atoms with Gasteiger partial charge >= 0.3 is 12.2 Å². The summed E-state index contributed by atoms with van der Waals surface area (Å²) in [4.78, 5) is 16.1. The Balaban J connectivity index is 1.81. The van der Waals surface area contributed by atoms with Crippen LogP contribution in [0.5, 0.6) is 0 Å². The first-order valence-corrected chi connectivity index (χ1v) is 9.37. The highest BCUT2D eigenvalue weighted by atomic mass is 19.4. The van der Waals surface area contributed by atoms with Crippen molar-refractivity contribution in [2.24, 2.45) is 0 Å². The van der Waals surface area contributed by atoms with Gasteiger partial charge in [-0.2, -0.15) is 18.4 Å². The first-order valence-electron chi connectivity index (χ1n) is 9.37. The van der Waals surface area contributed by atoms with Crippen LogP contribution >= 0.6 is 0 Å². The van der Waals surface area contributed by atoms with Gasteiger partial charge in [-0.05, 0) is 55.7 Å². The molecule has 0 radical (unpaired) electrons. The number of aryl methyl sites for hydroxylation is 1. The van der Waals surface area contributed by atoms with Crippen LogP contribution in [0, 0.1) is 24.1 Å². The standard InChI is InChI=1S/C22H17F4N3O/c1-13-6-8-16(11-18(13)23)29-20-5-3-2-4-19(20)28(21(29)30)15-9-7-14(12-27)17(10-15)22(24,25)26/h2-3,6-11,19-20H,4-5H2,1H3/t19-,20-/m1/s1. The van der Waals surface area contributed by atoms with Crippen LogP contribution in [-0.2, 0) is 6.18 Å². The Hall–Kier alpha value is -3.34. The van der Waals surface area contributed by atoms with E-state index in [2.05, 4.69) is 0 Å². The van der Waals surface area contributed by atoms with Crippen LogP contribution in [0.4, 0.5) is 33.7 Å². The number of rotatable bonds is 2. The zero-order valence-electron chi connectivity index (χ0n) is 15.9. The Labute approximate surface area is 170 Å². The van der Waals surface area contributed by atoms with Gasteiger partial charge in [-0.15, -0.1) is 0 Å². The lowest BCUT2D eigenvalue weighted by Crippen LogP contribution is -2.38. The van der Waals surface area contributed by atoms with E-state index >= 15 is 0 Å². The predicted octanol–water partition coefficient (Wildman–Crippen LogP) is 5.56. The summed E-state index contributed by atoms with van der Waals surface area (Å²) in [7, 11) is 0. The Morgan fingerprint density at radius 1 is 1.00 bits per heavy atom. The predicted molar refractivity (Wildman–Crippen MR) is 104 cm³/mol. The summed E-state index contributed by atoms with van der Waals surface area (Å²) in [6, 6.07) is 8.02. The summed E-state index contributed by atoms with van der Waals surface area (Å²) < 4.78 is 54.5. The molecule has 1 saturated heterocycles. The van der Waals surface area contributed by atoms with Gasteiger partial charge in [-0.3, -0.25) is 9.80 Å². The number of halogens is 4. The highest BCUT2D eigenvalue weighted by Crippen LogP contribution is 2.41. The third-order valence-electron chi connectivity index (χ3n) is 5.58. The van der Waals surface area contributed by atoms with Gasteiger partial charge in [0.2, 0.25) is 0 Å². The molecule has 1 aliphatic heterocycles. The van der Waals surface area contributed by atoms with Crippen molar-refractivity contribution in [1.82, 2.24) is 0 Å². The number of urea groups is 1. The second kappa shape index (κ2) is 7.17. The molecule has 0 spiro atoms. The van der Waals surface area contributed by atoms with Gasteiger partial charge < -0.3 is 0 Å². The first kappa shape index (κ1) is 20.0. The average Bonchev–Trinajstić information content (AvgIpc) is 3.01. The molecule has 2 aromatic rings. The van der Waals surface area contributed by atoms with Crippen LogP contribution in [-0.4, -0.2) is 18.1 Å². The van der Waals surface area contributed by atoms with Crippen molar-refractivity contribution in [2.75, 3.05) is 9.80 Å². The quantitative estimate of drug-likeness (QED) is 0.476.